The van der Waals surface area contributed by atoms with Gasteiger partial charge < -0.3 is 9.84 Å². The zero-order valence-corrected chi connectivity index (χ0v) is 18.1. The lowest BCUT2D eigenvalue weighted by Gasteiger charge is -2.35. The standard InChI is InChI=1S/C22H22N6O2S/c1-3-31-27-12-16(13-27)22-25-20(26-30-22)15-8-7-14(2)17(10-15)24-21(29)18-11-23-19-6-4-5-9-28(18)19/h4-11,16H,3,12-13H2,1-2H3,(H,24,29). The van der Waals surface area contributed by atoms with Crippen LogP contribution in [0.25, 0.3) is 17.0 Å². The fourth-order valence-corrected chi connectivity index (χ4v) is 4.52. The van der Waals surface area contributed by atoms with Gasteiger partial charge in [0.1, 0.15) is 11.3 Å². The lowest BCUT2D eigenvalue weighted by Crippen LogP contribution is -2.40. The van der Waals surface area contributed by atoms with Gasteiger partial charge in [-0.05, 0) is 30.7 Å². The monoisotopic (exact) mass is 434 g/mol. The molecule has 0 unspecified atom stereocenters. The van der Waals surface area contributed by atoms with Crippen LogP contribution in [0.3, 0.4) is 0 Å². The predicted octanol–water partition coefficient (Wildman–Crippen LogP) is 4.01. The maximum absolute atomic E-state index is 12.9. The summed E-state index contributed by atoms with van der Waals surface area (Å²) in [6.07, 6.45) is 3.40. The summed E-state index contributed by atoms with van der Waals surface area (Å²) in [7, 11) is 0. The number of carbonyl (C=O) groups excluding carboxylic acids is 1. The maximum atomic E-state index is 12.9. The first-order valence-corrected chi connectivity index (χ1v) is 11.1. The van der Waals surface area contributed by atoms with Gasteiger partial charge in [0.15, 0.2) is 0 Å². The van der Waals surface area contributed by atoms with Crippen LogP contribution in [0.2, 0.25) is 0 Å². The van der Waals surface area contributed by atoms with Crippen LogP contribution in [0.1, 0.15) is 34.8 Å². The lowest BCUT2D eigenvalue weighted by molar-refractivity contribution is 0.102. The van der Waals surface area contributed by atoms with Gasteiger partial charge in [0.25, 0.3) is 5.91 Å². The fraction of sp³-hybridized carbons (Fsp3) is 0.273. The van der Waals surface area contributed by atoms with E-state index in [9.17, 15) is 4.79 Å². The molecule has 0 radical (unpaired) electrons. The third kappa shape index (κ3) is 3.82. The molecular formula is C22H22N6O2S. The highest BCUT2D eigenvalue weighted by atomic mass is 32.2. The van der Waals surface area contributed by atoms with Gasteiger partial charge in [-0.1, -0.05) is 42.2 Å². The molecule has 5 rings (SSSR count). The van der Waals surface area contributed by atoms with Crippen molar-refractivity contribution in [2.45, 2.75) is 19.8 Å². The number of benzene rings is 1. The molecule has 1 aliphatic rings. The molecule has 1 saturated heterocycles. The van der Waals surface area contributed by atoms with Crippen molar-refractivity contribution in [2.75, 3.05) is 24.2 Å². The van der Waals surface area contributed by atoms with Crippen molar-refractivity contribution in [3.05, 3.63) is 65.9 Å². The summed E-state index contributed by atoms with van der Waals surface area (Å²) in [5, 5.41) is 7.15. The van der Waals surface area contributed by atoms with Gasteiger partial charge in [0.2, 0.25) is 11.7 Å². The summed E-state index contributed by atoms with van der Waals surface area (Å²) < 4.78 is 9.57. The van der Waals surface area contributed by atoms with Crippen molar-refractivity contribution in [3.8, 4) is 11.4 Å². The highest BCUT2D eigenvalue weighted by Crippen LogP contribution is 2.32. The van der Waals surface area contributed by atoms with Crippen LogP contribution < -0.4 is 5.32 Å². The fourth-order valence-electron chi connectivity index (χ4n) is 3.58. The number of aryl methyl sites for hydroxylation is 1. The van der Waals surface area contributed by atoms with Crippen LogP contribution in [0.5, 0.6) is 0 Å². The van der Waals surface area contributed by atoms with Crippen LogP contribution in [0, 0.1) is 6.92 Å². The number of fused-ring (bicyclic) bond motifs is 1. The number of pyridine rings is 1. The molecule has 0 bridgehead atoms. The maximum Gasteiger partial charge on any atom is 0.274 e. The lowest BCUT2D eigenvalue weighted by atomic mass is 10.0. The van der Waals surface area contributed by atoms with E-state index in [2.05, 4.69) is 31.7 Å². The van der Waals surface area contributed by atoms with Crippen LogP contribution >= 0.6 is 11.9 Å². The Kier molecular flexibility index (Phi) is 5.21. The number of amides is 1. The third-order valence-corrected chi connectivity index (χ3v) is 6.27. The summed E-state index contributed by atoms with van der Waals surface area (Å²) in [5.74, 6) is 2.31. The van der Waals surface area contributed by atoms with E-state index in [1.54, 1.807) is 10.6 Å². The van der Waals surface area contributed by atoms with Crippen LogP contribution in [0.4, 0.5) is 5.69 Å². The molecule has 1 amide bonds. The quantitative estimate of drug-likeness (QED) is 0.459. The van der Waals surface area contributed by atoms with Crippen molar-refractivity contribution in [1.29, 1.82) is 0 Å². The Morgan fingerprint density at radius 1 is 1.29 bits per heavy atom. The molecule has 9 heteroatoms. The second kappa shape index (κ2) is 8.16. The van der Waals surface area contributed by atoms with E-state index < -0.39 is 0 Å². The SMILES string of the molecule is CCSN1CC(c2nc(-c3ccc(C)c(NC(=O)c4cnc5ccccn45)c3)no2)C1. The van der Waals surface area contributed by atoms with Crippen molar-refractivity contribution < 1.29 is 9.32 Å². The molecule has 158 valence electrons. The predicted molar refractivity (Wildman–Crippen MR) is 120 cm³/mol. The summed E-state index contributed by atoms with van der Waals surface area (Å²) in [4.78, 5) is 21.8. The van der Waals surface area contributed by atoms with E-state index in [-0.39, 0.29) is 11.8 Å². The van der Waals surface area contributed by atoms with Gasteiger partial charge in [0, 0.05) is 36.3 Å². The largest absolute Gasteiger partial charge is 0.339 e. The number of rotatable bonds is 6. The molecule has 1 aliphatic heterocycles. The number of carbonyl (C=O) groups is 1. The zero-order chi connectivity index (χ0) is 21.4. The van der Waals surface area contributed by atoms with Gasteiger partial charge in [-0.25, -0.2) is 9.29 Å². The van der Waals surface area contributed by atoms with Gasteiger partial charge in [0.05, 0.1) is 12.1 Å². The molecule has 1 N–H and O–H groups in total. The second-order valence-electron chi connectivity index (χ2n) is 7.47. The van der Waals surface area contributed by atoms with Gasteiger partial charge in [-0.15, -0.1) is 0 Å². The van der Waals surface area contributed by atoms with Crippen molar-refractivity contribution in [1.82, 2.24) is 23.8 Å². The number of imidazole rings is 1. The molecular weight excluding hydrogens is 412 g/mol. The van der Waals surface area contributed by atoms with E-state index >= 15 is 0 Å². The third-order valence-electron chi connectivity index (χ3n) is 5.34. The number of nitrogens with zero attached hydrogens (tertiary/aromatic N) is 5. The minimum atomic E-state index is -0.226. The number of anilines is 1. The Morgan fingerprint density at radius 2 is 2.16 bits per heavy atom. The van der Waals surface area contributed by atoms with Crippen molar-refractivity contribution in [3.63, 3.8) is 0 Å². The Morgan fingerprint density at radius 3 is 3.00 bits per heavy atom. The van der Waals surface area contributed by atoms with Gasteiger partial charge in [-0.2, -0.15) is 4.98 Å². The van der Waals surface area contributed by atoms with E-state index in [4.69, 9.17) is 4.52 Å². The van der Waals surface area contributed by atoms with E-state index in [0.29, 0.717) is 23.1 Å². The molecule has 1 aromatic carbocycles. The normalized spacial score (nSPS) is 14.6. The molecule has 8 nitrogen and oxygen atoms in total. The molecule has 3 aromatic heterocycles. The number of hydrogen-bond donors (Lipinski definition) is 1. The number of aromatic nitrogens is 4. The molecule has 0 atom stereocenters. The van der Waals surface area contributed by atoms with E-state index in [1.807, 2.05) is 61.5 Å². The molecule has 4 aromatic rings. The Hall–Kier alpha value is -3.17. The first-order chi connectivity index (χ1) is 15.1. The smallest absolute Gasteiger partial charge is 0.274 e. The van der Waals surface area contributed by atoms with Crippen LogP contribution in [-0.4, -0.2) is 48.6 Å². The van der Waals surface area contributed by atoms with Crippen molar-refractivity contribution >= 4 is 29.2 Å². The van der Waals surface area contributed by atoms with E-state index in [0.717, 1.165) is 35.6 Å². The summed E-state index contributed by atoms with van der Waals surface area (Å²) in [6.45, 7) is 5.94. The molecule has 1 fully saturated rings. The topological polar surface area (TPSA) is 88.6 Å². The summed E-state index contributed by atoms with van der Waals surface area (Å²) >= 11 is 1.83. The molecule has 0 spiro atoms. The first-order valence-electron chi connectivity index (χ1n) is 10.2. The van der Waals surface area contributed by atoms with E-state index in [1.165, 1.54) is 0 Å². The average molecular weight is 435 g/mol. The Bertz CT molecular complexity index is 1240. The number of nitrogens with one attached hydrogen (secondary N) is 1. The first kappa shape index (κ1) is 19.8. The average Bonchev–Trinajstić information content (AvgIpc) is 3.39. The summed E-state index contributed by atoms with van der Waals surface area (Å²) in [6, 6.07) is 11.4. The molecule has 0 saturated carbocycles. The van der Waals surface area contributed by atoms with Gasteiger partial charge >= 0.3 is 0 Å². The molecule has 4 heterocycles. The Balaban J connectivity index is 1.35. The molecule has 31 heavy (non-hydrogen) atoms. The minimum absolute atomic E-state index is 0.226. The number of hydrogen-bond acceptors (Lipinski definition) is 7. The minimum Gasteiger partial charge on any atom is -0.339 e. The van der Waals surface area contributed by atoms with Crippen LogP contribution in [-0.2, 0) is 0 Å². The molecule has 0 aliphatic carbocycles. The summed E-state index contributed by atoms with van der Waals surface area (Å²) in [5.41, 5.74) is 3.65. The van der Waals surface area contributed by atoms with Gasteiger partial charge in [-0.3, -0.25) is 9.20 Å². The van der Waals surface area contributed by atoms with Crippen LogP contribution in [0.15, 0.2) is 53.3 Å². The zero-order valence-electron chi connectivity index (χ0n) is 17.3. The highest BCUT2D eigenvalue weighted by Gasteiger charge is 2.32. The second-order valence-corrected chi connectivity index (χ2v) is 8.83. The highest BCUT2D eigenvalue weighted by molar-refractivity contribution is 7.97. The Labute approximate surface area is 183 Å². The van der Waals surface area contributed by atoms with Crippen molar-refractivity contribution in [2.24, 2.45) is 0 Å².